The average molecular weight is 594 g/mol. The van der Waals surface area contributed by atoms with Gasteiger partial charge in [0.05, 0.1) is 29.1 Å². The molecule has 1 unspecified atom stereocenters. The molecule has 42 heavy (non-hydrogen) atoms. The first kappa shape index (κ1) is 30.0. The van der Waals surface area contributed by atoms with Gasteiger partial charge in [0, 0.05) is 0 Å². The first-order chi connectivity index (χ1) is 19.9. The van der Waals surface area contributed by atoms with Crippen molar-refractivity contribution in [3.63, 3.8) is 0 Å². The van der Waals surface area contributed by atoms with Gasteiger partial charge in [0.1, 0.15) is 28.3 Å². The predicted molar refractivity (Wildman–Crippen MR) is 163 cm³/mol. The number of nitrogens with zero attached hydrogens (tertiary/aromatic N) is 3. The summed E-state index contributed by atoms with van der Waals surface area (Å²) in [5.74, 6) is -0.304. The Hall–Kier alpha value is -3.50. The van der Waals surface area contributed by atoms with Crippen LogP contribution in [0.5, 0.6) is 0 Å². The van der Waals surface area contributed by atoms with Gasteiger partial charge in [-0.25, -0.2) is 19.1 Å². The van der Waals surface area contributed by atoms with E-state index in [4.69, 9.17) is 13.9 Å². The zero-order valence-electron chi connectivity index (χ0n) is 25.1. The summed E-state index contributed by atoms with van der Waals surface area (Å²) in [5.41, 5.74) is -1.97. The molecule has 1 aromatic carbocycles. The van der Waals surface area contributed by atoms with Gasteiger partial charge in [0.2, 0.25) is 5.89 Å². The second kappa shape index (κ2) is 11.6. The van der Waals surface area contributed by atoms with Crippen LogP contribution in [0.4, 0.5) is 0 Å². The number of ether oxygens (including phenoxy) is 2. The average Bonchev–Trinajstić information content (AvgIpc) is 3.58. The van der Waals surface area contributed by atoms with E-state index in [1.807, 2.05) is 37.3 Å². The summed E-state index contributed by atoms with van der Waals surface area (Å²) in [6, 6.07) is 9.84. The van der Waals surface area contributed by atoms with E-state index in [0.717, 1.165) is 35.8 Å². The molecule has 224 valence electrons. The maximum Gasteiger partial charge on any atom is 0.333 e. The standard InChI is InChI=1S/C32H39N3O6S/c1-20-24-27(36)35(32(5,6)29(37)41-31(2,3)4)30(38)34(28(24)42-25(20)26-33-17-18-39-26)19-23(21-13-9-7-10-14-21)40-22-15-11-8-12-16-22/h7,9-10,13-14,17-18,22-23H,8,11-12,15-16,19H2,1-6H3. The van der Waals surface area contributed by atoms with Crippen molar-refractivity contribution < 1.29 is 18.7 Å². The van der Waals surface area contributed by atoms with E-state index in [1.54, 1.807) is 45.4 Å². The van der Waals surface area contributed by atoms with Gasteiger partial charge < -0.3 is 13.9 Å². The molecule has 0 amide bonds. The fourth-order valence-electron chi connectivity index (χ4n) is 5.53. The second-order valence-electron chi connectivity index (χ2n) is 12.5. The number of benzene rings is 1. The Morgan fingerprint density at radius 3 is 2.40 bits per heavy atom. The molecule has 0 radical (unpaired) electrons. The summed E-state index contributed by atoms with van der Waals surface area (Å²) >= 11 is 1.28. The number of aromatic nitrogens is 3. The quantitative estimate of drug-likeness (QED) is 0.219. The van der Waals surface area contributed by atoms with Crippen molar-refractivity contribution in [1.29, 1.82) is 0 Å². The lowest BCUT2D eigenvalue weighted by Crippen LogP contribution is -2.54. The van der Waals surface area contributed by atoms with Crippen LogP contribution in [0.1, 0.15) is 84.0 Å². The summed E-state index contributed by atoms with van der Waals surface area (Å²) in [5, 5.41) is 0.342. The zero-order valence-corrected chi connectivity index (χ0v) is 26.0. The first-order valence-corrected chi connectivity index (χ1v) is 15.3. The lowest BCUT2D eigenvalue weighted by molar-refractivity contribution is -0.164. The molecule has 1 saturated carbocycles. The van der Waals surface area contributed by atoms with Crippen molar-refractivity contribution in [2.45, 2.75) is 104 Å². The molecule has 3 heterocycles. The molecule has 3 aromatic heterocycles. The van der Waals surface area contributed by atoms with E-state index in [2.05, 4.69) is 4.98 Å². The van der Waals surface area contributed by atoms with Crippen LogP contribution in [-0.2, 0) is 26.4 Å². The molecule has 1 fully saturated rings. The van der Waals surface area contributed by atoms with E-state index in [0.29, 0.717) is 26.5 Å². The highest BCUT2D eigenvalue weighted by Gasteiger charge is 2.39. The third-order valence-corrected chi connectivity index (χ3v) is 9.03. The summed E-state index contributed by atoms with van der Waals surface area (Å²) in [6.45, 7) is 10.3. The van der Waals surface area contributed by atoms with Crippen LogP contribution in [-0.4, -0.2) is 31.8 Å². The first-order valence-electron chi connectivity index (χ1n) is 14.5. The molecule has 1 atom stereocenters. The molecule has 0 bridgehead atoms. The van der Waals surface area contributed by atoms with E-state index in [-0.39, 0.29) is 12.6 Å². The van der Waals surface area contributed by atoms with E-state index < -0.39 is 34.5 Å². The number of rotatable bonds is 8. The highest BCUT2D eigenvalue weighted by atomic mass is 32.1. The van der Waals surface area contributed by atoms with Gasteiger partial charge in [-0.15, -0.1) is 11.3 Å². The molecule has 9 nitrogen and oxygen atoms in total. The summed E-state index contributed by atoms with van der Waals surface area (Å²) in [7, 11) is 0. The maximum atomic E-state index is 14.4. The van der Waals surface area contributed by atoms with Gasteiger partial charge in [0.25, 0.3) is 5.56 Å². The molecule has 4 aromatic rings. The predicted octanol–water partition coefficient (Wildman–Crippen LogP) is 6.36. The highest BCUT2D eigenvalue weighted by Crippen LogP contribution is 2.37. The van der Waals surface area contributed by atoms with Crippen molar-refractivity contribution in [1.82, 2.24) is 14.1 Å². The number of hydrogen-bond acceptors (Lipinski definition) is 8. The monoisotopic (exact) mass is 593 g/mol. The summed E-state index contributed by atoms with van der Waals surface area (Å²) in [4.78, 5) is 47.5. The number of carbonyl (C=O) groups is 1. The molecule has 1 aliphatic rings. The zero-order chi connectivity index (χ0) is 30.2. The molecular formula is C32H39N3O6S. The normalized spacial score (nSPS) is 15.7. The van der Waals surface area contributed by atoms with Crippen LogP contribution in [0, 0.1) is 6.92 Å². The largest absolute Gasteiger partial charge is 0.458 e. The van der Waals surface area contributed by atoms with Gasteiger partial charge in [-0.3, -0.25) is 9.36 Å². The lowest BCUT2D eigenvalue weighted by atomic mass is 9.97. The highest BCUT2D eigenvalue weighted by molar-refractivity contribution is 7.22. The molecule has 10 heteroatoms. The topological polar surface area (TPSA) is 106 Å². The third-order valence-electron chi connectivity index (χ3n) is 7.73. The number of thiophene rings is 1. The smallest absolute Gasteiger partial charge is 0.333 e. The Labute approximate surface area is 249 Å². The fraction of sp³-hybridized carbons (Fsp3) is 0.500. The minimum Gasteiger partial charge on any atom is -0.458 e. The van der Waals surface area contributed by atoms with Crippen LogP contribution >= 0.6 is 11.3 Å². The molecule has 1 aliphatic carbocycles. The Morgan fingerprint density at radius 1 is 1.10 bits per heavy atom. The van der Waals surface area contributed by atoms with Crippen molar-refractivity contribution in [3.8, 4) is 10.8 Å². The van der Waals surface area contributed by atoms with Gasteiger partial charge in [-0.05, 0) is 65.5 Å². The molecular weight excluding hydrogens is 554 g/mol. The second-order valence-corrected chi connectivity index (χ2v) is 13.5. The number of aryl methyl sites for hydroxylation is 1. The molecule has 5 rings (SSSR count). The maximum absolute atomic E-state index is 14.4. The van der Waals surface area contributed by atoms with Gasteiger partial charge >= 0.3 is 11.7 Å². The van der Waals surface area contributed by atoms with E-state index in [1.165, 1.54) is 24.0 Å². The van der Waals surface area contributed by atoms with Gasteiger partial charge in [-0.2, -0.15) is 0 Å². The van der Waals surface area contributed by atoms with E-state index in [9.17, 15) is 14.4 Å². The third kappa shape index (κ3) is 5.87. The number of hydrogen-bond donors (Lipinski definition) is 0. The molecule has 0 spiro atoms. The van der Waals surface area contributed by atoms with Crippen LogP contribution in [0.25, 0.3) is 21.0 Å². The van der Waals surface area contributed by atoms with Crippen molar-refractivity contribution in [2.24, 2.45) is 0 Å². The number of oxazole rings is 1. The van der Waals surface area contributed by atoms with Crippen molar-refractivity contribution >= 4 is 27.5 Å². The van der Waals surface area contributed by atoms with Gasteiger partial charge in [0.15, 0.2) is 0 Å². The minimum atomic E-state index is -1.58. The van der Waals surface area contributed by atoms with Gasteiger partial charge in [-0.1, -0.05) is 49.6 Å². The summed E-state index contributed by atoms with van der Waals surface area (Å²) < 4.78 is 20.6. The fourth-order valence-corrected chi connectivity index (χ4v) is 6.77. The van der Waals surface area contributed by atoms with Crippen LogP contribution < -0.4 is 11.2 Å². The lowest BCUT2D eigenvalue weighted by Gasteiger charge is -2.31. The number of fused-ring (bicyclic) bond motifs is 1. The molecule has 0 aliphatic heterocycles. The molecule has 0 saturated heterocycles. The summed E-state index contributed by atoms with van der Waals surface area (Å²) in [6.07, 6.45) is 7.98. The Morgan fingerprint density at radius 2 is 1.79 bits per heavy atom. The SMILES string of the molecule is Cc1c(-c2ncco2)sc2c1c(=O)n(C(C)(C)C(=O)OC(C)(C)C)c(=O)n2CC(OC1CCCCC1)c1ccccc1. The number of esters is 1. The Balaban J connectivity index is 1.73. The van der Waals surface area contributed by atoms with Crippen molar-refractivity contribution in [3.05, 3.63) is 74.8 Å². The van der Waals surface area contributed by atoms with Crippen LogP contribution in [0.2, 0.25) is 0 Å². The van der Waals surface area contributed by atoms with Crippen LogP contribution in [0.3, 0.4) is 0 Å². The van der Waals surface area contributed by atoms with Crippen molar-refractivity contribution in [2.75, 3.05) is 0 Å². The Bertz CT molecular complexity index is 1670. The molecule has 0 N–H and O–H groups in total. The van der Waals surface area contributed by atoms with Crippen LogP contribution in [0.15, 0.2) is 56.8 Å². The Kier molecular flexibility index (Phi) is 8.31. The minimum absolute atomic E-state index is 0.0761. The van der Waals surface area contributed by atoms with E-state index >= 15 is 0 Å². The number of carbonyl (C=O) groups excluding carboxylic acids is 1.